The van der Waals surface area contributed by atoms with E-state index < -0.39 is 12.0 Å². The van der Waals surface area contributed by atoms with Crippen LogP contribution in [-0.2, 0) is 19.1 Å². The molecule has 36 heavy (non-hydrogen) atoms. The van der Waals surface area contributed by atoms with Crippen LogP contribution >= 0.6 is 0 Å². The average molecular weight is 500 g/mol. The summed E-state index contributed by atoms with van der Waals surface area (Å²) >= 11 is 0. The maximum absolute atomic E-state index is 12.3. The lowest BCUT2D eigenvalue weighted by atomic mass is 9.98. The van der Waals surface area contributed by atoms with Gasteiger partial charge >= 0.3 is 5.97 Å². The molecule has 0 aliphatic rings. The van der Waals surface area contributed by atoms with E-state index in [2.05, 4.69) is 67.7 Å². The molecule has 0 aliphatic heterocycles. The van der Waals surface area contributed by atoms with Crippen LogP contribution in [-0.4, -0.2) is 30.2 Å². The number of hydrogen-bond acceptors (Lipinski definition) is 5. The Morgan fingerprint density at radius 1 is 0.722 bits per heavy atom. The number of ether oxygens (including phenoxy) is 1. The van der Waals surface area contributed by atoms with Crippen LogP contribution in [0.15, 0.2) is 60.8 Å². The fourth-order valence-corrected chi connectivity index (χ4v) is 3.15. The third-order valence-electron chi connectivity index (χ3n) is 5.86. The van der Waals surface area contributed by atoms with Crippen molar-refractivity contribution in [1.82, 2.24) is 0 Å². The Balaban J connectivity index is 3.90. The summed E-state index contributed by atoms with van der Waals surface area (Å²) in [4.78, 5) is 36.2. The SMILES string of the molecule is CC/C=C\C/C=C\C/C=C\C/C=C\C/C=C\CCCC(=O)C(C)COC(=O)[C@@H](N)CC(=O)C(C)CC. The number of unbranched alkanes of at least 4 members (excludes halogenated alkanes) is 1. The summed E-state index contributed by atoms with van der Waals surface area (Å²) in [6, 6.07) is -0.968. The molecule has 0 saturated heterocycles. The molecular weight excluding hydrogens is 450 g/mol. The summed E-state index contributed by atoms with van der Waals surface area (Å²) in [5.41, 5.74) is 5.78. The number of nitrogens with two attached hydrogens (primary N) is 1. The van der Waals surface area contributed by atoms with E-state index in [1.807, 2.05) is 13.8 Å². The fourth-order valence-electron chi connectivity index (χ4n) is 3.15. The monoisotopic (exact) mass is 499 g/mol. The maximum Gasteiger partial charge on any atom is 0.323 e. The van der Waals surface area contributed by atoms with Crippen LogP contribution in [0.25, 0.3) is 0 Å². The van der Waals surface area contributed by atoms with E-state index in [0.29, 0.717) is 12.8 Å². The standard InChI is InChI=1S/C31H49NO4/c1-5-7-8-9-10-11-12-13-14-15-16-17-18-19-20-21-22-23-29(33)27(4)25-36-31(35)28(32)24-30(34)26(3)6-2/h7-8,10-11,13-14,16-17,19-20,26-28H,5-6,9,12,15,18,21-25,32H2,1-4H3/b8-7-,11-10-,14-13-,17-16-,20-19-/t26?,27?,28-/m0/s1. The van der Waals surface area contributed by atoms with Crippen molar-refractivity contribution in [1.29, 1.82) is 0 Å². The molecule has 0 aliphatic carbocycles. The summed E-state index contributed by atoms with van der Waals surface area (Å²) in [5.74, 6) is -1.09. The number of ketones is 2. The van der Waals surface area contributed by atoms with Gasteiger partial charge in [0.2, 0.25) is 0 Å². The molecule has 0 heterocycles. The van der Waals surface area contributed by atoms with Gasteiger partial charge in [-0.1, -0.05) is 88.5 Å². The predicted octanol–water partition coefficient (Wildman–Crippen LogP) is 6.99. The highest BCUT2D eigenvalue weighted by Crippen LogP contribution is 2.10. The molecular formula is C31H49NO4. The van der Waals surface area contributed by atoms with E-state index in [1.165, 1.54) is 0 Å². The van der Waals surface area contributed by atoms with E-state index in [-0.39, 0.29) is 36.4 Å². The Hall–Kier alpha value is -2.53. The van der Waals surface area contributed by atoms with Crippen molar-refractivity contribution in [3.05, 3.63) is 60.8 Å². The zero-order chi connectivity index (χ0) is 27.0. The summed E-state index contributed by atoms with van der Waals surface area (Å²) in [6.07, 6.45) is 29.3. The lowest BCUT2D eigenvalue weighted by Gasteiger charge is -2.15. The first-order valence-corrected chi connectivity index (χ1v) is 13.6. The van der Waals surface area contributed by atoms with Crippen LogP contribution in [0.1, 0.15) is 91.9 Å². The topological polar surface area (TPSA) is 86.5 Å². The van der Waals surface area contributed by atoms with Gasteiger partial charge in [0.05, 0.1) is 0 Å². The van der Waals surface area contributed by atoms with Gasteiger partial charge in [-0.3, -0.25) is 14.4 Å². The van der Waals surface area contributed by atoms with Gasteiger partial charge in [-0.2, -0.15) is 0 Å². The smallest absolute Gasteiger partial charge is 0.323 e. The predicted molar refractivity (Wildman–Crippen MR) is 150 cm³/mol. The number of Topliss-reactive ketones (excluding diaryl/α,β-unsaturated/α-hetero) is 2. The Morgan fingerprint density at radius 2 is 1.22 bits per heavy atom. The molecule has 0 aromatic rings. The van der Waals surface area contributed by atoms with E-state index >= 15 is 0 Å². The Bertz CT molecular complexity index is 761. The fraction of sp³-hybridized carbons (Fsp3) is 0.581. The second kappa shape index (κ2) is 22.9. The molecule has 0 aromatic carbocycles. The Morgan fingerprint density at radius 3 is 1.72 bits per heavy atom. The number of rotatable bonds is 21. The Labute approximate surface area is 219 Å². The summed E-state index contributed by atoms with van der Waals surface area (Å²) in [7, 11) is 0. The summed E-state index contributed by atoms with van der Waals surface area (Å²) < 4.78 is 5.17. The molecule has 5 nitrogen and oxygen atoms in total. The largest absolute Gasteiger partial charge is 0.464 e. The van der Waals surface area contributed by atoms with Crippen LogP contribution in [0.4, 0.5) is 0 Å². The highest BCUT2D eigenvalue weighted by molar-refractivity contribution is 5.87. The first-order valence-electron chi connectivity index (χ1n) is 13.6. The number of allylic oxidation sites excluding steroid dienone is 10. The molecule has 0 radical (unpaired) electrons. The van der Waals surface area contributed by atoms with Gasteiger partial charge in [0, 0.05) is 24.7 Å². The highest BCUT2D eigenvalue weighted by atomic mass is 16.5. The summed E-state index contributed by atoms with van der Waals surface area (Å²) in [5, 5.41) is 0. The molecule has 0 amide bonds. The normalized spacial score (nSPS) is 14.9. The first-order chi connectivity index (χ1) is 17.3. The van der Waals surface area contributed by atoms with E-state index in [0.717, 1.165) is 44.9 Å². The highest BCUT2D eigenvalue weighted by Gasteiger charge is 2.23. The zero-order valence-corrected chi connectivity index (χ0v) is 23.0. The van der Waals surface area contributed by atoms with Crippen molar-refractivity contribution in [2.24, 2.45) is 17.6 Å². The van der Waals surface area contributed by atoms with E-state index in [4.69, 9.17) is 10.5 Å². The number of carbonyl (C=O) groups excluding carboxylic acids is 3. The van der Waals surface area contributed by atoms with Crippen molar-refractivity contribution in [2.45, 2.75) is 97.9 Å². The quantitative estimate of drug-likeness (QED) is 0.104. The molecule has 202 valence electrons. The van der Waals surface area contributed by atoms with Crippen LogP contribution < -0.4 is 5.73 Å². The van der Waals surface area contributed by atoms with Gasteiger partial charge < -0.3 is 10.5 Å². The van der Waals surface area contributed by atoms with Crippen LogP contribution in [0, 0.1) is 11.8 Å². The van der Waals surface area contributed by atoms with Gasteiger partial charge in [-0.05, 0) is 51.4 Å². The number of carbonyl (C=O) groups is 3. The van der Waals surface area contributed by atoms with Crippen LogP contribution in [0.3, 0.4) is 0 Å². The lowest BCUT2D eigenvalue weighted by molar-refractivity contribution is -0.149. The second-order valence-corrected chi connectivity index (χ2v) is 9.18. The molecule has 2 unspecified atom stereocenters. The lowest BCUT2D eigenvalue weighted by Crippen LogP contribution is -2.36. The van der Waals surface area contributed by atoms with Crippen molar-refractivity contribution in [2.75, 3.05) is 6.61 Å². The minimum absolute atomic E-state index is 0.00452. The molecule has 0 rings (SSSR count). The molecule has 0 aromatic heterocycles. The third kappa shape index (κ3) is 18.8. The Kier molecular flexibility index (Phi) is 21.3. The van der Waals surface area contributed by atoms with Crippen LogP contribution in [0.2, 0.25) is 0 Å². The van der Waals surface area contributed by atoms with Crippen molar-refractivity contribution >= 4 is 17.5 Å². The molecule has 3 atom stereocenters. The van der Waals surface area contributed by atoms with Gasteiger partial charge in [-0.15, -0.1) is 0 Å². The van der Waals surface area contributed by atoms with Crippen LogP contribution in [0.5, 0.6) is 0 Å². The number of hydrogen-bond donors (Lipinski definition) is 1. The second-order valence-electron chi connectivity index (χ2n) is 9.18. The number of esters is 1. The molecule has 0 fully saturated rings. The van der Waals surface area contributed by atoms with Gasteiger partial charge in [0.1, 0.15) is 24.2 Å². The molecule has 0 spiro atoms. The summed E-state index contributed by atoms with van der Waals surface area (Å²) in [6.45, 7) is 7.63. The average Bonchev–Trinajstić information content (AvgIpc) is 2.87. The minimum atomic E-state index is -0.968. The molecule has 0 saturated carbocycles. The molecule has 0 bridgehead atoms. The van der Waals surface area contributed by atoms with Crippen molar-refractivity contribution in [3.63, 3.8) is 0 Å². The first kappa shape index (κ1) is 33.5. The van der Waals surface area contributed by atoms with Crippen molar-refractivity contribution < 1.29 is 19.1 Å². The maximum atomic E-state index is 12.3. The zero-order valence-electron chi connectivity index (χ0n) is 23.0. The van der Waals surface area contributed by atoms with Gasteiger partial charge in [-0.25, -0.2) is 0 Å². The molecule has 5 heteroatoms. The van der Waals surface area contributed by atoms with E-state index in [1.54, 1.807) is 6.92 Å². The van der Waals surface area contributed by atoms with Gasteiger partial charge in [0.15, 0.2) is 0 Å². The van der Waals surface area contributed by atoms with Crippen molar-refractivity contribution in [3.8, 4) is 0 Å². The van der Waals surface area contributed by atoms with Gasteiger partial charge in [0.25, 0.3) is 0 Å². The molecule has 2 N–H and O–H groups in total. The van der Waals surface area contributed by atoms with E-state index in [9.17, 15) is 14.4 Å². The minimum Gasteiger partial charge on any atom is -0.464 e. The third-order valence-corrected chi connectivity index (χ3v) is 5.86.